The summed E-state index contributed by atoms with van der Waals surface area (Å²) in [6, 6.07) is 0. The molecule has 3 nitrogen and oxygen atoms in total. The van der Waals surface area contributed by atoms with Crippen LogP contribution in [-0.2, 0) is 0 Å². The summed E-state index contributed by atoms with van der Waals surface area (Å²) in [6.07, 6.45) is 12.5. The van der Waals surface area contributed by atoms with Crippen molar-refractivity contribution in [2.75, 3.05) is 6.61 Å². The van der Waals surface area contributed by atoms with E-state index in [0.717, 1.165) is 31.3 Å². The van der Waals surface area contributed by atoms with E-state index in [4.69, 9.17) is 0 Å². The van der Waals surface area contributed by atoms with Gasteiger partial charge in [-0.1, -0.05) is 57.9 Å². The Bertz CT molecular complexity index is 807. The van der Waals surface area contributed by atoms with Gasteiger partial charge in [0, 0.05) is 6.61 Å². The van der Waals surface area contributed by atoms with Gasteiger partial charge in [-0.25, -0.2) is 0 Å². The van der Waals surface area contributed by atoms with Crippen LogP contribution in [0.25, 0.3) is 0 Å². The van der Waals surface area contributed by atoms with Crippen molar-refractivity contribution in [2.45, 2.75) is 112 Å². The molecule has 0 amide bonds. The summed E-state index contributed by atoms with van der Waals surface area (Å²) in [7, 11) is 0. The first kappa shape index (κ1) is 25.5. The molecule has 3 fully saturated rings. The second-order valence-corrected chi connectivity index (χ2v) is 13.8. The number of hydrogen-bond acceptors (Lipinski definition) is 3. The molecule has 0 spiro atoms. The predicted octanol–water partition coefficient (Wildman–Crippen LogP) is 6.28. The molecule has 0 bridgehead atoms. The van der Waals surface area contributed by atoms with Crippen LogP contribution in [0.2, 0.25) is 0 Å². The predicted molar refractivity (Wildman–Crippen MR) is 136 cm³/mol. The lowest BCUT2D eigenvalue weighted by molar-refractivity contribution is -0.132. The van der Waals surface area contributed by atoms with Gasteiger partial charge in [0.2, 0.25) is 0 Å². The van der Waals surface area contributed by atoms with Crippen molar-refractivity contribution in [3.63, 3.8) is 0 Å². The molecule has 0 aliphatic heterocycles. The zero-order chi connectivity index (χ0) is 24.4. The second kappa shape index (κ2) is 8.49. The zero-order valence-electron chi connectivity index (χ0n) is 22.3. The Balaban J connectivity index is 1.65. The fraction of sp³-hybridized carbons (Fsp3) is 0.867. The second-order valence-electron chi connectivity index (χ2n) is 13.8. The van der Waals surface area contributed by atoms with E-state index in [0.29, 0.717) is 24.2 Å². The van der Waals surface area contributed by atoms with Crippen LogP contribution in [0.15, 0.2) is 23.3 Å². The molecule has 3 N–H and O–H groups in total. The number of allylic oxidation sites excluding steroid dienone is 3. The lowest BCUT2D eigenvalue weighted by Crippen LogP contribution is -2.58. The molecule has 0 heterocycles. The van der Waals surface area contributed by atoms with Crippen LogP contribution in [-0.4, -0.2) is 34.1 Å². The quantitative estimate of drug-likeness (QED) is 0.425. The Morgan fingerprint density at radius 1 is 1.06 bits per heavy atom. The number of rotatable bonds is 5. The normalized spacial score (nSPS) is 45.8. The van der Waals surface area contributed by atoms with Crippen LogP contribution in [0.4, 0.5) is 0 Å². The number of hydrogen-bond donors (Lipinski definition) is 3. The third kappa shape index (κ3) is 3.71. The van der Waals surface area contributed by atoms with Gasteiger partial charge in [-0.15, -0.1) is 0 Å². The van der Waals surface area contributed by atoms with Gasteiger partial charge < -0.3 is 15.3 Å². The molecule has 4 rings (SSSR count). The lowest BCUT2D eigenvalue weighted by atomic mass is 9.41. The first-order valence-electron chi connectivity index (χ1n) is 13.6. The Labute approximate surface area is 202 Å². The molecule has 3 saturated carbocycles. The van der Waals surface area contributed by atoms with Gasteiger partial charge in [0.25, 0.3) is 0 Å². The molecule has 33 heavy (non-hydrogen) atoms. The summed E-state index contributed by atoms with van der Waals surface area (Å²) in [5.74, 6) is 1.75. The van der Waals surface area contributed by atoms with Crippen molar-refractivity contribution in [1.82, 2.24) is 0 Å². The molecule has 0 aromatic carbocycles. The highest BCUT2D eigenvalue weighted by Crippen LogP contribution is 2.73. The highest BCUT2D eigenvalue weighted by molar-refractivity contribution is 5.33. The molecule has 4 aliphatic rings. The molecule has 0 aromatic heterocycles. The molecule has 0 unspecified atom stereocenters. The van der Waals surface area contributed by atoms with Crippen LogP contribution >= 0.6 is 0 Å². The highest BCUT2D eigenvalue weighted by atomic mass is 16.3. The maximum absolute atomic E-state index is 10.8. The summed E-state index contributed by atoms with van der Waals surface area (Å²) in [4.78, 5) is 0. The number of aliphatic hydroxyl groups excluding tert-OH is 3. The smallest absolute Gasteiger partial charge is 0.0726 e. The van der Waals surface area contributed by atoms with E-state index < -0.39 is 6.10 Å². The van der Waals surface area contributed by atoms with E-state index in [9.17, 15) is 15.3 Å². The fourth-order valence-electron chi connectivity index (χ4n) is 9.63. The van der Waals surface area contributed by atoms with Gasteiger partial charge in [-0.05, 0) is 111 Å². The largest absolute Gasteiger partial charge is 0.396 e. The van der Waals surface area contributed by atoms with E-state index in [1.165, 1.54) is 19.3 Å². The Morgan fingerprint density at radius 2 is 1.76 bits per heavy atom. The molecular formula is C30H50O3. The average Bonchev–Trinajstić information content (AvgIpc) is 3.00. The molecule has 0 radical (unpaired) electrons. The SMILES string of the molecule is CC(C)=C[C@H](O)C[C@@H](CO)[C@@H]1CC[C@]2(C)C3=CC[C@H]4C(C)(C)[C@@H](O)CC[C@]4(C)[C@@H]3CC[C@@]12C. The summed E-state index contributed by atoms with van der Waals surface area (Å²) >= 11 is 0. The molecule has 3 heteroatoms. The molecule has 4 aliphatic carbocycles. The first-order valence-corrected chi connectivity index (χ1v) is 13.6. The third-order valence-corrected chi connectivity index (χ3v) is 11.8. The van der Waals surface area contributed by atoms with Gasteiger partial charge >= 0.3 is 0 Å². The summed E-state index contributed by atoms with van der Waals surface area (Å²) < 4.78 is 0. The Kier molecular flexibility index (Phi) is 6.55. The molecular weight excluding hydrogens is 408 g/mol. The van der Waals surface area contributed by atoms with Crippen molar-refractivity contribution >= 4 is 0 Å². The zero-order valence-corrected chi connectivity index (χ0v) is 22.3. The summed E-state index contributed by atoms with van der Waals surface area (Å²) in [5, 5.41) is 31.8. The average molecular weight is 459 g/mol. The van der Waals surface area contributed by atoms with Crippen LogP contribution in [0.5, 0.6) is 0 Å². The third-order valence-electron chi connectivity index (χ3n) is 11.8. The van der Waals surface area contributed by atoms with Gasteiger partial charge in [-0.2, -0.15) is 0 Å². The van der Waals surface area contributed by atoms with Crippen molar-refractivity contribution in [2.24, 2.45) is 45.3 Å². The molecule has 0 aromatic rings. The van der Waals surface area contributed by atoms with Crippen molar-refractivity contribution in [3.8, 4) is 0 Å². The maximum atomic E-state index is 10.8. The van der Waals surface area contributed by atoms with Crippen molar-refractivity contribution in [1.29, 1.82) is 0 Å². The van der Waals surface area contributed by atoms with Crippen LogP contribution in [0.1, 0.15) is 99.8 Å². The van der Waals surface area contributed by atoms with E-state index >= 15 is 0 Å². The monoisotopic (exact) mass is 458 g/mol. The number of fused-ring (bicyclic) bond motifs is 5. The molecule has 188 valence electrons. The fourth-order valence-corrected chi connectivity index (χ4v) is 9.63. The van der Waals surface area contributed by atoms with Crippen LogP contribution in [0.3, 0.4) is 0 Å². The highest BCUT2D eigenvalue weighted by Gasteiger charge is 2.65. The minimum atomic E-state index is -0.469. The van der Waals surface area contributed by atoms with E-state index in [1.807, 2.05) is 19.9 Å². The summed E-state index contributed by atoms with van der Waals surface area (Å²) in [6.45, 7) is 16.4. The van der Waals surface area contributed by atoms with Crippen molar-refractivity contribution < 1.29 is 15.3 Å². The lowest BCUT2D eigenvalue weighted by Gasteiger charge is -2.64. The van der Waals surface area contributed by atoms with Crippen LogP contribution in [0, 0.1) is 45.3 Å². The molecule has 9 atom stereocenters. The number of aliphatic hydroxyl groups is 3. The Hall–Kier alpha value is -0.640. The van der Waals surface area contributed by atoms with Gasteiger partial charge in [-0.3, -0.25) is 0 Å². The first-order chi connectivity index (χ1) is 15.3. The van der Waals surface area contributed by atoms with Crippen LogP contribution < -0.4 is 0 Å². The van der Waals surface area contributed by atoms with Gasteiger partial charge in [0.15, 0.2) is 0 Å². The van der Waals surface area contributed by atoms with Crippen molar-refractivity contribution in [3.05, 3.63) is 23.3 Å². The molecule has 0 saturated heterocycles. The minimum Gasteiger partial charge on any atom is -0.396 e. The van der Waals surface area contributed by atoms with E-state index in [-0.39, 0.29) is 40.3 Å². The van der Waals surface area contributed by atoms with E-state index in [1.54, 1.807) is 5.57 Å². The standard InChI is InChI=1S/C30H50O3/c1-19(2)16-21(32)17-20(18-31)22-10-14-30(7)24-8-9-25-27(3,4)26(33)12-13-28(25,5)23(24)11-15-29(22,30)6/h8,16,20-23,25-26,31-33H,9-15,17-18H2,1-7H3/t20-,21-,22-,23+,25-,26-,28+,29-,30+/m0/s1. The maximum Gasteiger partial charge on any atom is 0.0726 e. The Morgan fingerprint density at radius 3 is 2.39 bits per heavy atom. The summed E-state index contributed by atoms with van der Waals surface area (Å²) in [5.41, 5.74) is 3.41. The van der Waals surface area contributed by atoms with Gasteiger partial charge in [0.05, 0.1) is 12.2 Å². The van der Waals surface area contributed by atoms with E-state index in [2.05, 4.69) is 40.7 Å². The minimum absolute atomic E-state index is 0.0298. The topological polar surface area (TPSA) is 60.7 Å². The van der Waals surface area contributed by atoms with Gasteiger partial charge in [0.1, 0.15) is 0 Å².